The summed E-state index contributed by atoms with van der Waals surface area (Å²) in [6.45, 7) is 8.88. The van der Waals surface area contributed by atoms with Gasteiger partial charge in [-0.2, -0.15) is 0 Å². The van der Waals surface area contributed by atoms with Gasteiger partial charge < -0.3 is 10.5 Å². The average Bonchev–Trinajstić information content (AvgIpc) is 1.98. The van der Waals surface area contributed by atoms with Crippen molar-refractivity contribution in [1.29, 1.82) is 5.41 Å². The van der Waals surface area contributed by atoms with Crippen molar-refractivity contribution in [3.05, 3.63) is 36.6 Å². The standard InChI is InChI=1S/C10H15NO/c1-4-5-10(7-11)8(2)6-9(3)12/h4-5,7-8,11-12H,1,3,6H2,2H3/b10-5-,11-7?. The lowest BCUT2D eigenvalue weighted by atomic mass is 9.97. The van der Waals surface area contributed by atoms with Crippen LogP contribution in [0, 0.1) is 11.3 Å². The fourth-order valence-corrected chi connectivity index (χ4v) is 0.962. The average molecular weight is 165 g/mol. The highest BCUT2D eigenvalue weighted by atomic mass is 16.3. The van der Waals surface area contributed by atoms with E-state index < -0.39 is 0 Å². The molecule has 0 aliphatic heterocycles. The Kier molecular flexibility index (Phi) is 4.77. The molecule has 1 unspecified atom stereocenters. The first-order valence-electron chi connectivity index (χ1n) is 3.81. The van der Waals surface area contributed by atoms with Crippen molar-refractivity contribution in [3.63, 3.8) is 0 Å². The lowest BCUT2D eigenvalue weighted by molar-refractivity contribution is 0.374. The van der Waals surface area contributed by atoms with Crippen LogP contribution < -0.4 is 0 Å². The highest BCUT2D eigenvalue weighted by molar-refractivity contribution is 5.76. The number of aliphatic hydroxyl groups excluding tert-OH is 1. The van der Waals surface area contributed by atoms with Gasteiger partial charge in [0.2, 0.25) is 0 Å². The second kappa shape index (κ2) is 5.35. The lowest BCUT2D eigenvalue weighted by Crippen LogP contribution is -2.01. The Bertz CT molecular complexity index is 216. The van der Waals surface area contributed by atoms with E-state index in [1.165, 1.54) is 6.21 Å². The Morgan fingerprint density at radius 2 is 2.25 bits per heavy atom. The van der Waals surface area contributed by atoms with E-state index in [1.807, 2.05) is 6.92 Å². The molecule has 2 N–H and O–H groups in total. The quantitative estimate of drug-likeness (QED) is 0.367. The molecule has 0 heterocycles. The molecule has 0 bridgehead atoms. The molecule has 0 aromatic carbocycles. The van der Waals surface area contributed by atoms with Crippen LogP contribution >= 0.6 is 0 Å². The van der Waals surface area contributed by atoms with Gasteiger partial charge in [-0.1, -0.05) is 32.2 Å². The molecular weight excluding hydrogens is 150 g/mol. The van der Waals surface area contributed by atoms with E-state index >= 15 is 0 Å². The molecule has 0 aliphatic carbocycles. The number of hydrogen-bond donors (Lipinski definition) is 2. The summed E-state index contributed by atoms with van der Waals surface area (Å²) in [6.07, 6.45) is 5.17. The van der Waals surface area contributed by atoms with Gasteiger partial charge in [0.25, 0.3) is 0 Å². The van der Waals surface area contributed by atoms with E-state index in [0.717, 1.165) is 5.57 Å². The molecule has 0 aromatic heterocycles. The maximum atomic E-state index is 8.91. The first-order chi connectivity index (χ1) is 5.61. The minimum absolute atomic E-state index is 0.123. The van der Waals surface area contributed by atoms with Crippen LogP contribution in [0.5, 0.6) is 0 Å². The van der Waals surface area contributed by atoms with Crippen molar-refractivity contribution >= 4 is 6.21 Å². The smallest absolute Gasteiger partial charge is 0.0857 e. The van der Waals surface area contributed by atoms with Gasteiger partial charge in [-0.3, -0.25) is 0 Å². The molecule has 1 atom stereocenters. The minimum Gasteiger partial charge on any atom is -0.513 e. The van der Waals surface area contributed by atoms with Gasteiger partial charge in [-0.15, -0.1) is 0 Å². The van der Waals surface area contributed by atoms with Gasteiger partial charge in [0.05, 0.1) is 5.76 Å². The molecule has 0 saturated heterocycles. The lowest BCUT2D eigenvalue weighted by Gasteiger charge is -2.09. The number of allylic oxidation sites excluding steroid dienone is 4. The summed E-state index contributed by atoms with van der Waals surface area (Å²) >= 11 is 0. The minimum atomic E-state index is 0.123. The summed E-state index contributed by atoms with van der Waals surface area (Å²) in [7, 11) is 0. The zero-order valence-corrected chi connectivity index (χ0v) is 7.38. The second-order valence-corrected chi connectivity index (χ2v) is 2.72. The fourth-order valence-electron chi connectivity index (χ4n) is 0.962. The summed E-state index contributed by atoms with van der Waals surface area (Å²) in [6, 6.07) is 0. The van der Waals surface area contributed by atoms with Crippen molar-refractivity contribution in [3.8, 4) is 0 Å². The van der Waals surface area contributed by atoms with Crippen LogP contribution in [0.3, 0.4) is 0 Å². The van der Waals surface area contributed by atoms with Crippen molar-refractivity contribution in [1.82, 2.24) is 0 Å². The highest BCUT2D eigenvalue weighted by Crippen LogP contribution is 2.15. The van der Waals surface area contributed by atoms with E-state index in [1.54, 1.807) is 12.2 Å². The van der Waals surface area contributed by atoms with Crippen LogP contribution in [0.15, 0.2) is 36.6 Å². The number of rotatable bonds is 5. The Labute approximate surface area is 73.4 Å². The predicted molar refractivity (Wildman–Crippen MR) is 52.6 cm³/mol. The summed E-state index contributed by atoms with van der Waals surface area (Å²) in [5.74, 6) is 0.275. The summed E-state index contributed by atoms with van der Waals surface area (Å²) in [5, 5.41) is 16.0. The van der Waals surface area contributed by atoms with Crippen LogP contribution in [0.4, 0.5) is 0 Å². The molecule has 66 valence electrons. The third kappa shape index (κ3) is 3.76. The summed E-state index contributed by atoms with van der Waals surface area (Å²) < 4.78 is 0. The summed E-state index contributed by atoms with van der Waals surface area (Å²) in [5.41, 5.74) is 0.847. The van der Waals surface area contributed by atoms with Gasteiger partial charge in [-0.05, 0) is 11.5 Å². The molecule has 12 heavy (non-hydrogen) atoms. The van der Waals surface area contributed by atoms with Crippen molar-refractivity contribution in [2.24, 2.45) is 5.92 Å². The van der Waals surface area contributed by atoms with Crippen LogP contribution in [0.1, 0.15) is 13.3 Å². The zero-order chi connectivity index (χ0) is 9.56. The Hall–Kier alpha value is -1.31. The maximum absolute atomic E-state index is 8.91. The van der Waals surface area contributed by atoms with Gasteiger partial charge in [0.1, 0.15) is 0 Å². The second-order valence-electron chi connectivity index (χ2n) is 2.72. The molecular formula is C10H15NO. The van der Waals surface area contributed by atoms with Crippen LogP contribution in [0.2, 0.25) is 0 Å². The van der Waals surface area contributed by atoms with Crippen molar-refractivity contribution in [2.45, 2.75) is 13.3 Å². The van der Waals surface area contributed by atoms with Gasteiger partial charge in [-0.25, -0.2) is 0 Å². The molecule has 0 fully saturated rings. The third-order valence-corrected chi connectivity index (χ3v) is 1.59. The monoisotopic (exact) mass is 165 g/mol. The normalized spacial score (nSPS) is 13.6. The molecule has 0 spiro atoms. The first-order valence-corrected chi connectivity index (χ1v) is 3.81. The maximum Gasteiger partial charge on any atom is 0.0857 e. The van der Waals surface area contributed by atoms with E-state index in [0.29, 0.717) is 6.42 Å². The van der Waals surface area contributed by atoms with E-state index in [4.69, 9.17) is 10.5 Å². The van der Waals surface area contributed by atoms with E-state index in [9.17, 15) is 0 Å². The molecule has 0 amide bonds. The first kappa shape index (κ1) is 10.7. The van der Waals surface area contributed by atoms with Crippen LogP contribution in [0.25, 0.3) is 0 Å². The van der Waals surface area contributed by atoms with E-state index in [-0.39, 0.29) is 11.7 Å². The van der Waals surface area contributed by atoms with Crippen molar-refractivity contribution < 1.29 is 5.11 Å². The molecule has 2 heteroatoms. The SMILES string of the molecule is C=C/C=C(/C=N)C(C)CC(=C)O. The topological polar surface area (TPSA) is 44.1 Å². The van der Waals surface area contributed by atoms with Crippen LogP contribution in [-0.4, -0.2) is 11.3 Å². The molecule has 0 saturated carbocycles. The third-order valence-electron chi connectivity index (χ3n) is 1.59. The molecule has 0 aliphatic rings. The van der Waals surface area contributed by atoms with Gasteiger partial charge in [0, 0.05) is 12.6 Å². The van der Waals surface area contributed by atoms with Crippen LogP contribution in [-0.2, 0) is 0 Å². The van der Waals surface area contributed by atoms with E-state index in [2.05, 4.69) is 13.2 Å². The molecule has 0 aromatic rings. The molecule has 0 radical (unpaired) electrons. The Morgan fingerprint density at radius 3 is 2.58 bits per heavy atom. The fraction of sp³-hybridized carbons (Fsp3) is 0.300. The Morgan fingerprint density at radius 1 is 1.67 bits per heavy atom. The van der Waals surface area contributed by atoms with Gasteiger partial charge in [0.15, 0.2) is 0 Å². The highest BCUT2D eigenvalue weighted by Gasteiger charge is 2.06. The molecule has 2 nitrogen and oxygen atoms in total. The van der Waals surface area contributed by atoms with Crippen molar-refractivity contribution in [2.75, 3.05) is 0 Å². The number of aliphatic hydroxyl groups is 1. The largest absolute Gasteiger partial charge is 0.513 e. The predicted octanol–water partition coefficient (Wildman–Crippen LogP) is 2.85. The summed E-state index contributed by atoms with van der Waals surface area (Å²) in [4.78, 5) is 0. The number of nitrogens with one attached hydrogen (secondary N) is 1. The van der Waals surface area contributed by atoms with Gasteiger partial charge >= 0.3 is 0 Å². The molecule has 0 rings (SSSR count). The number of hydrogen-bond acceptors (Lipinski definition) is 2. The zero-order valence-electron chi connectivity index (χ0n) is 7.38. The Balaban J connectivity index is 4.31.